The predicted octanol–water partition coefficient (Wildman–Crippen LogP) is 0.450. The summed E-state index contributed by atoms with van der Waals surface area (Å²) in [5.74, 6) is 1.63. The fraction of sp³-hybridized carbons (Fsp3) is 1.00. The molecule has 0 radical (unpaired) electrons. The smallest absolute Gasteiger partial charge is 0.0140 e. The lowest BCUT2D eigenvalue weighted by Gasteiger charge is -2.36. The van der Waals surface area contributed by atoms with E-state index in [2.05, 4.69) is 31.5 Å². The van der Waals surface area contributed by atoms with E-state index < -0.39 is 0 Å². The van der Waals surface area contributed by atoms with E-state index in [1.54, 1.807) is 0 Å². The van der Waals surface area contributed by atoms with Crippen LogP contribution in [0.25, 0.3) is 0 Å². The zero-order chi connectivity index (χ0) is 7.56. The zero-order valence-electron chi connectivity index (χ0n) is 7.15. The lowest BCUT2D eigenvalue weighted by atomic mass is 9.86. The molecule has 1 aliphatic rings. The minimum Gasteiger partial charge on any atom is -0.316 e. The van der Waals surface area contributed by atoms with E-state index in [0.29, 0.717) is 6.04 Å². The van der Waals surface area contributed by atoms with Crippen molar-refractivity contribution in [1.82, 2.24) is 10.6 Å². The Kier molecular flexibility index (Phi) is 2.69. The van der Waals surface area contributed by atoms with E-state index in [1.807, 2.05) is 0 Å². The highest BCUT2D eigenvalue weighted by molar-refractivity contribution is 4.86. The van der Waals surface area contributed by atoms with Gasteiger partial charge in [-0.1, -0.05) is 13.8 Å². The maximum Gasteiger partial charge on any atom is 0.0140 e. The summed E-state index contributed by atoms with van der Waals surface area (Å²) in [5, 5.41) is 6.65. The van der Waals surface area contributed by atoms with Crippen LogP contribution in [0, 0.1) is 11.8 Å². The molecule has 0 aliphatic carbocycles. The number of hydrogen-bond donors (Lipinski definition) is 2. The molecular formula is C8H18N2. The van der Waals surface area contributed by atoms with E-state index >= 15 is 0 Å². The molecular weight excluding hydrogens is 124 g/mol. The highest BCUT2D eigenvalue weighted by Crippen LogP contribution is 2.15. The van der Waals surface area contributed by atoms with Crippen molar-refractivity contribution in [2.45, 2.75) is 19.9 Å². The summed E-state index contributed by atoms with van der Waals surface area (Å²) < 4.78 is 0. The molecule has 0 bridgehead atoms. The molecule has 2 N–H and O–H groups in total. The molecule has 1 fully saturated rings. The van der Waals surface area contributed by atoms with Crippen LogP contribution in [0.5, 0.6) is 0 Å². The molecule has 0 aromatic heterocycles. The second-order valence-electron chi connectivity index (χ2n) is 3.48. The maximum atomic E-state index is 3.36. The molecule has 1 heterocycles. The number of rotatable bonds is 3. The second kappa shape index (κ2) is 3.35. The fourth-order valence-corrected chi connectivity index (χ4v) is 1.68. The van der Waals surface area contributed by atoms with Gasteiger partial charge >= 0.3 is 0 Å². The Morgan fingerprint density at radius 2 is 2.00 bits per heavy atom. The normalized spacial score (nSPS) is 22.8. The Balaban J connectivity index is 2.31. The highest BCUT2D eigenvalue weighted by Gasteiger charge is 2.27. The van der Waals surface area contributed by atoms with E-state index in [9.17, 15) is 0 Å². The van der Waals surface area contributed by atoms with Gasteiger partial charge in [-0.15, -0.1) is 0 Å². The summed E-state index contributed by atoms with van der Waals surface area (Å²) in [4.78, 5) is 0. The van der Waals surface area contributed by atoms with Gasteiger partial charge in [0, 0.05) is 19.1 Å². The van der Waals surface area contributed by atoms with E-state index in [-0.39, 0.29) is 0 Å². The first kappa shape index (κ1) is 8.02. The summed E-state index contributed by atoms with van der Waals surface area (Å²) >= 11 is 0. The van der Waals surface area contributed by atoms with Crippen LogP contribution in [0.1, 0.15) is 13.8 Å². The van der Waals surface area contributed by atoms with Crippen molar-refractivity contribution in [3.05, 3.63) is 0 Å². The Morgan fingerprint density at radius 3 is 2.10 bits per heavy atom. The summed E-state index contributed by atoms with van der Waals surface area (Å²) in [6.45, 7) is 6.95. The standard InChI is InChI=1S/C8H18N2/c1-6(2)8(9-3)7-4-10-5-7/h6-10H,4-5H2,1-3H3. The SMILES string of the molecule is CNC(C(C)C)C1CNC1. The van der Waals surface area contributed by atoms with Crippen molar-refractivity contribution in [1.29, 1.82) is 0 Å². The van der Waals surface area contributed by atoms with Gasteiger partial charge in [-0.05, 0) is 18.9 Å². The first-order valence-electron chi connectivity index (χ1n) is 4.13. The van der Waals surface area contributed by atoms with Crippen molar-refractivity contribution < 1.29 is 0 Å². The molecule has 2 nitrogen and oxygen atoms in total. The minimum absolute atomic E-state index is 0.709. The van der Waals surface area contributed by atoms with Crippen molar-refractivity contribution in [3.63, 3.8) is 0 Å². The Labute approximate surface area is 63.4 Å². The molecule has 1 atom stereocenters. The highest BCUT2D eigenvalue weighted by atomic mass is 15.0. The zero-order valence-corrected chi connectivity index (χ0v) is 7.15. The number of hydrogen-bond acceptors (Lipinski definition) is 2. The Hall–Kier alpha value is -0.0800. The summed E-state index contributed by atoms with van der Waals surface area (Å²) in [6.07, 6.45) is 0. The number of nitrogens with one attached hydrogen (secondary N) is 2. The van der Waals surface area contributed by atoms with E-state index in [1.165, 1.54) is 13.1 Å². The predicted molar refractivity (Wildman–Crippen MR) is 44.0 cm³/mol. The third-order valence-corrected chi connectivity index (χ3v) is 2.37. The van der Waals surface area contributed by atoms with Gasteiger partial charge in [-0.25, -0.2) is 0 Å². The van der Waals surface area contributed by atoms with Crippen LogP contribution in [-0.4, -0.2) is 26.2 Å². The first-order chi connectivity index (χ1) is 4.75. The Morgan fingerprint density at radius 1 is 1.40 bits per heavy atom. The maximum absolute atomic E-state index is 3.36. The first-order valence-corrected chi connectivity index (χ1v) is 4.13. The van der Waals surface area contributed by atoms with Crippen LogP contribution in [0.4, 0.5) is 0 Å². The Bertz CT molecular complexity index is 97.4. The lowest BCUT2D eigenvalue weighted by Crippen LogP contribution is -2.54. The molecule has 0 spiro atoms. The summed E-state index contributed by atoms with van der Waals surface area (Å²) in [5.41, 5.74) is 0. The van der Waals surface area contributed by atoms with Gasteiger partial charge in [-0.3, -0.25) is 0 Å². The van der Waals surface area contributed by atoms with Gasteiger partial charge in [0.05, 0.1) is 0 Å². The average Bonchev–Trinajstić information content (AvgIpc) is 1.76. The average molecular weight is 142 g/mol. The molecule has 0 amide bonds. The summed E-state index contributed by atoms with van der Waals surface area (Å²) in [7, 11) is 2.06. The van der Waals surface area contributed by atoms with Gasteiger partial charge < -0.3 is 10.6 Å². The van der Waals surface area contributed by atoms with Gasteiger partial charge in [0.25, 0.3) is 0 Å². The molecule has 1 unspecified atom stereocenters. The third-order valence-electron chi connectivity index (χ3n) is 2.37. The lowest BCUT2D eigenvalue weighted by molar-refractivity contribution is 0.220. The van der Waals surface area contributed by atoms with Crippen LogP contribution in [0.15, 0.2) is 0 Å². The van der Waals surface area contributed by atoms with Crippen molar-refractivity contribution >= 4 is 0 Å². The molecule has 60 valence electrons. The second-order valence-corrected chi connectivity index (χ2v) is 3.48. The van der Waals surface area contributed by atoms with Crippen molar-refractivity contribution in [2.75, 3.05) is 20.1 Å². The van der Waals surface area contributed by atoms with E-state index in [4.69, 9.17) is 0 Å². The molecule has 0 aromatic carbocycles. The summed E-state index contributed by atoms with van der Waals surface area (Å²) in [6, 6.07) is 0.709. The van der Waals surface area contributed by atoms with Crippen LogP contribution in [0.2, 0.25) is 0 Å². The van der Waals surface area contributed by atoms with Crippen LogP contribution in [0.3, 0.4) is 0 Å². The van der Waals surface area contributed by atoms with Gasteiger partial charge in [-0.2, -0.15) is 0 Å². The fourth-order valence-electron chi connectivity index (χ4n) is 1.68. The minimum atomic E-state index is 0.709. The van der Waals surface area contributed by atoms with Gasteiger partial charge in [0.15, 0.2) is 0 Å². The topological polar surface area (TPSA) is 24.1 Å². The van der Waals surface area contributed by atoms with Crippen molar-refractivity contribution in [3.8, 4) is 0 Å². The van der Waals surface area contributed by atoms with E-state index in [0.717, 1.165) is 11.8 Å². The third kappa shape index (κ3) is 1.50. The molecule has 0 saturated carbocycles. The van der Waals surface area contributed by atoms with Gasteiger partial charge in [0.1, 0.15) is 0 Å². The van der Waals surface area contributed by atoms with Crippen LogP contribution in [-0.2, 0) is 0 Å². The monoisotopic (exact) mass is 142 g/mol. The molecule has 2 heteroatoms. The molecule has 10 heavy (non-hydrogen) atoms. The largest absolute Gasteiger partial charge is 0.316 e. The van der Waals surface area contributed by atoms with Gasteiger partial charge in [0.2, 0.25) is 0 Å². The molecule has 1 saturated heterocycles. The molecule has 1 rings (SSSR count). The molecule has 1 aliphatic heterocycles. The quantitative estimate of drug-likeness (QED) is 0.598. The molecule has 0 aromatic rings. The van der Waals surface area contributed by atoms with Crippen molar-refractivity contribution in [2.24, 2.45) is 11.8 Å². The van der Waals surface area contributed by atoms with Crippen LogP contribution < -0.4 is 10.6 Å². The van der Waals surface area contributed by atoms with Crippen LogP contribution >= 0.6 is 0 Å².